The monoisotopic (exact) mass is 355 g/mol. The highest BCUT2D eigenvalue weighted by molar-refractivity contribution is 7.18. The van der Waals surface area contributed by atoms with E-state index in [-0.39, 0.29) is 12.5 Å². The summed E-state index contributed by atoms with van der Waals surface area (Å²) in [4.78, 5) is 22.5. The number of nitrogens with zero attached hydrogens (tertiary/aromatic N) is 2. The van der Waals surface area contributed by atoms with Gasteiger partial charge < -0.3 is 10.1 Å². The number of carbonyl (C=O) groups is 1. The minimum absolute atomic E-state index is 0.0359. The van der Waals surface area contributed by atoms with E-state index in [0.29, 0.717) is 12.4 Å². The van der Waals surface area contributed by atoms with Crippen molar-refractivity contribution in [2.75, 3.05) is 13.2 Å². The Bertz CT molecular complexity index is 862. The molecule has 0 aliphatic carbocycles. The number of hydrogen-bond acceptors (Lipinski definition) is 5. The quantitative estimate of drug-likeness (QED) is 0.660. The second-order valence-corrected chi connectivity index (χ2v) is 7.07. The smallest absolute Gasteiger partial charge is 0.258 e. The van der Waals surface area contributed by atoms with E-state index in [1.807, 2.05) is 32.0 Å². The van der Waals surface area contributed by atoms with Gasteiger partial charge in [0.05, 0.1) is 5.39 Å². The number of aryl methyl sites for hydroxylation is 3. The minimum atomic E-state index is -0.135. The Morgan fingerprint density at radius 1 is 1.20 bits per heavy atom. The van der Waals surface area contributed by atoms with Crippen molar-refractivity contribution in [3.8, 4) is 5.88 Å². The Hall–Kier alpha value is -2.47. The third-order valence-corrected chi connectivity index (χ3v) is 5.19. The number of amides is 1. The van der Waals surface area contributed by atoms with Gasteiger partial charge in [-0.05, 0) is 37.8 Å². The molecule has 130 valence electrons. The van der Waals surface area contributed by atoms with Gasteiger partial charge in [-0.2, -0.15) is 0 Å². The molecule has 0 unspecified atom stereocenters. The van der Waals surface area contributed by atoms with Crippen LogP contribution in [-0.2, 0) is 11.2 Å². The molecule has 5 nitrogen and oxygen atoms in total. The van der Waals surface area contributed by atoms with Crippen molar-refractivity contribution in [3.63, 3.8) is 0 Å². The zero-order valence-corrected chi connectivity index (χ0v) is 15.2. The first kappa shape index (κ1) is 17.4. The number of benzene rings is 1. The molecule has 1 amide bonds. The highest BCUT2D eigenvalue weighted by atomic mass is 32.1. The number of nitrogens with one attached hydrogen (secondary N) is 1. The number of thiophene rings is 1. The molecule has 2 heterocycles. The van der Waals surface area contributed by atoms with Crippen LogP contribution in [0, 0.1) is 13.8 Å². The molecule has 0 aliphatic rings. The van der Waals surface area contributed by atoms with Crippen molar-refractivity contribution in [2.24, 2.45) is 0 Å². The van der Waals surface area contributed by atoms with Crippen molar-refractivity contribution < 1.29 is 9.53 Å². The van der Waals surface area contributed by atoms with Crippen LogP contribution in [0.15, 0.2) is 36.7 Å². The molecule has 1 aromatic carbocycles. The van der Waals surface area contributed by atoms with Gasteiger partial charge in [0.25, 0.3) is 5.91 Å². The fourth-order valence-electron chi connectivity index (χ4n) is 2.61. The van der Waals surface area contributed by atoms with Crippen LogP contribution in [0.1, 0.15) is 22.4 Å². The molecular weight excluding hydrogens is 334 g/mol. The van der Waals surface area contributed by atoms with Gasteiger partial charge in [0.15, 0.2) is 6.61 Å². The number of hydrogen-bond donors (Lipinski definition) is 1. The largest absolute Gasteiger partial charge is 0.467 e. The maximum absolute atomic E-state index is 12.0. The highest BCUT2D eigenvalue weighted by Crippen LogP contribution is 2.33. The molecule has 0 saturated carbocycles. The standard InChI is InChI=1S/C19H21N3O2S/c1-13-14(2)25-19-17(13)18(21-12-22-19)24-11-16(23)20-10-6-9-15-7-4-3-5-8-15/h3-5,7-8,12H,6,9-11H2,1-2H3,(H,20,23). The predicted octanol–water partition coefficient (Wildman–Crippen LogP) is 3.44. The molecule has 0 atom stereocenters. The Morgan fingerprint density at radius 2 is 2.00 bits per heavy atom. The molecule has 6 heteroatoms. The van der Waals surface area contributed by atoms with Gasteiger partial charge in [0.2, 0.25) is 5.88 Å². The first-order valence-electron chi connectivity index (χ1n) is 8.29. The summed E-state index contributed by atoms with van der Waals surface area (Å²) in [6, 6.07) is 10.2. The third-order valence-electron chi connectivity index (χ3n) is 4.08. The SMILES string of the molecule is Cc1sc2ncnc(OCC(=O)NCCCc3ccccc3)c2c1C. The molecule has 3 rings (SSSR count). The zero-order valence-electron chi connectivity index (χ0n) is 14.4. The zero-order chi connectivity index (χ0) is 17.6. The van der Waals surface area contributed by atoms with E-state index in [1.54, 1.807) is 11.3 Å². The fraction of sp³-hybridized carbons (Fsp3) is 0.316. The lowest BCUT2D eigenvalue weighted by Crippen LogP contribution is -2.30. The maximum Gasteiger partial charge on any atom is 0.258 e. The Balaban J connectivity index is 1.48. The lowest BCUT2D eigenvalue weighted by molar-refractivity contribution is -0.123. The summed E-state index contributed by atoms with van der Waals surface area (Å²) in [5.41, 5.74) is 2.39. The van der Waals surface area contributed by atoms with E-state index in [4.69, 9.17) is 4.74 Å². The van der Waals surface area contributed by atoms with Crippen LogP contribution in [0.5, 0.6) is 5.88 Å². The van der Waals surface area contributed by atoms with Crippen LogP contribution in [-0.4, -0.2) is 29.0 Å². The minimum Gasteiger partial charge on any atom is -0.467 e. The number of carbonyl (C=O) groups excluding carboxylic acids is 1. The van der Waals surface area contributed by atoms with E-state index in [9.17, 15) is 4.79 Å². The van der Waals surface area contributed by atoms with Crippen molar-refractivity contribution in [3.05, 3.63) is 52.7 Å². The number of rotatable bonds is 7. The van der Waals surface area contributed by atoms with Crippen molar-refractivity contribution in [1.29, 1.82) is 0 Å². The van der Waals surface area contributed by atoms with Crippen LogP contribution >= 0.6 is 11.3 Å². The van der Waals surface area contributed by atoms with E-state index < -0.39 is 0 Å². The summed E-state index contributed by atoms with van der Waals surface area (Å²) >= 11 is 1.61. The van der Waals surface area contributed by atoms with E-state index in [2.05, 4.69) is 27.4 Å². The Labute approximate surface area is 151 Å². The van der Waals surface area contributed by atoms with E-state index >= 15 is 0 Å². The molecule has 2 aromatic heterocycles. The second kappa shape index (κ2) is 8.07. The molecule has 0 bridgehead atoms. The molecule has 25 heavy (non-hydrogen) atoms. The molecule has 0 spiro atoms. The van der Waals surface area contributed by atoms with Crippen molar-refractivity contribution >= 4 is 27.5 Å². The normalized spacial score (nSPS) is 10.8. The second-order valence-electron chi connectivity index (χ2n) is 5.87. The molecule has 0 radical (unpaired) electrons. The van der Waals surface area contributed by atoms with Gasteiger partial charge in [0, 0.05) is 11.4 Å². The molecule has 3 aromatic rings. The van der Waals surface area contributed by atoms with Gasteiger partial charge in [-0.3, -0.25) is 4.79 Å². The van der Waals surface area contributed by atoms with Crippen LogP contribution < -0.4 is 10.1 Å². The van der Waals surface area contributed by atoms with Crippen LogP contribution in [0.25, 0.3) is 10.2 Å². The summed E-state index contributed by atoms with van der Waals surface area (Å²) in [7, 11) is 0. The van der Waals surface area contributed by atoms with E-state index in [1.165, 1.54) is 16.8 Å². The van der Waals surface area contributed by atoms with Crippen molar-refractivity contribution in [1.82, 2.24) is 15.3 Å². The van der Waals surface area contributed by atoms with Crippen LogP contribution in [0.3, 0.4) is 0 Å². The molecule has 0 aliphatic heterocycles. The van der Waals surface area contributed by atoms with Gasteiger partial charge >= 0.3 is 0 Å². The fourth-order valence-corrected chi connectivity index (χ4v) is 3.60. The summed E-state index contributed by atoms with van der Waals surface area (Å²) in [6.07, 6.45) is 3.32. The van der Waals surface area contributed by atoms with Gasteiger partial charge in [-0.15, -0.1) is 11.3 Å². The van der Waals surface area contributed by atoms with Crippen LogP contribution in [0.4, 0.5) is 0 Å². The summed E-state index contributed by atoms with van der Waals surface area (Å²) in [5, 5.41) is 3.79. The number of fused-ring (bicyclic) bond motifs is 1. The Morgan fingerprint density at radius 3 is 2.80 bits per heavy atom. The molecule has 0 fully saturated rings. The van der Waals surface area contributed by atoms with E-state index in [0.717, 1.165) is 28.6 Å². The highest BCUT2D eigenvalue weighted by Gasteiger charge is 2.14. The maximum atomic E-state index is 12.0. The van der Waals surface area contributed by atoms with Gasteiger partial charge in [-0.1, -0.05) is 30.3 Å². The number of aromatic nitrogens is 2. The number of ether oxygens (including phenoxy) is 1. The summed E-state index contributed by atoms with van der Waals surface area (Å²) in [5.74, 6) is 0.343. The summed E-state index contributed by atoms with van der Waals surface area (Å²) < 4.78 is 5.63. The topological polar surface area (TPSA) is 64.1 Å². The van der Waals surface area contributed by atoms with Gasteiger partial charge in [-0.25, -0.2) is 9.97 Å². The lowest BCUT2D eigenvalue weighted by Gasteiger charge is -2.08. The molecule has 1 N–H and O–H groups in total. The van der Waals surface area contributed by atoms with Crippen molar-refractivity contribution in [2.45, 2.75) is 26.7 Å². The first-order chi connectivity index (χ1) is 12.1. The average Bonchev–Trinajstić information content (AvgIpc) is 2.93. The van der Waals surface area contributed by atoms with Gasteiger partial charge in [0.1, 0.15) is 11.2 Å². The van der Waals surface area contributed by atoms with Crippen LogP contribution in [0.2, 0.25) is 0 Å². The predicted molar refractivity (Wildman–Crippen MR) is 100 cm³/mol. The lowest BCUT2D eigenvalue weighted by atomic mass is 10.1. The Kier molecular flexibility index (Phi) is 5.60. The third kappa shape index (κ3) is 4.33. The molecule has 0 saturated heterocycles. The molecular formula is C19H21N3O2S. The first-order valence-corrected chi connectivity index (χ1v) is 9.11. The summed E-state index contributed by atoms with van der Waals surface area (Å²) in [6.45, 7) is 4.66. The average molecular weight is 355 g/mol.